The summed E-state index contributed by atoms with van der Waals surface area (Å²) in [6.45, 7) is 4.14. The minimum Gasteiger partial charge on any atom is -0.487 e. The summed E-state index contributed by atoms with van der Waals surface area (Å²) < 4.78 is 7.81. The second-order valence-corrected chi connectivity index (χ2v) is 7.40. The van der Waals surface area contributed by atoms with Gasteiger partial charge in [0.25, 0.3) is 5.91 Å². The Balaban J connectivity index is 1.36. The summed E-state index contributed by atoms with van der Waals surface area (Å²) >= 11 is 0. The van der Waals surface area contributed by atoms with Crippen molar-refractivity contribution >= 4 is 28.8 Å². The number of carbonyl (C=O) groups is 2. The van der Waals surface area contributed by atoms with Crippen LogP contribution in [0, 0.1) is 6.92 Å². The number of hydrogen-bond donors (Lipinski definition) is 2. The summed E-state index contributed by atoms with van der Waals surface area (Å²) in [4.78, 5) is 28.7. The van der Waals surface area contributed by atoms with Crippen molar-refractivity contribution < 1.29 is 14.3 Å². The molecular formula is C25H24N4O3. The molecule has 0 saturated heterocycles. The number of imidazole rings is 1. The molecule has 0 aliphatic rings. The van der Waals surface area contributed by atoms with Gasteiger partial charge in [0.1, 0.15) is 18.0 Å². The Morgan fingerprint density at radius 2 is 1.75 bits per heavy atom. The Morgan fingerprint density at radius 3 is 2.47 bits per heavy atom. The first kappa shape index (κ1) is 21.1. The summed E-state index contributed by atoms with van der Waals surface area (Å²) in [5.41, 5.74) is 4.59. The quantitative estimate of drug-likeness (QED) is 0.442. The van der Waals surface area contributed by atoms with Gasteiger partial charge in [-0.1, -0.05) is 19.1 Å². The smallest absolute Gasteiger partial charge is 0.255 e. The Kier molecular flexibility index (Phi) is 6.17. The van der Waals surface area contributed by atoms with Crippen LogP contribution in [0.1, 0.15) is 35.0 Å². The second-order valence-electron chi connectivity index (χ2n) is 7.40. The van der Waals surface area contributed by atoms with Crippen molar-refractivity contribution in [3.8, 4) is 5.75 Å². The number of anilines is 2. The number of carbonyl (C=O) groups excluding carboxylic acids is 2. The fourth-order valence-corrected chi connectivity index (χ4v) is 3.26. The van der Waals surface area contributed by atoms with Gasteiger partial charge in [-0.15, -0.1) is 0 Å². The highest BCUT2D eigenvalue weighted by molar-refractivity contribution is 6.04. The summed E-state index contributed by atoms with van der Waals surface area (Å²) in [7, 11) is 0. The summed E-state index contributed by atoms with van der Waals surface area (Å²) in [5.74, 6) is 0.328. The SMILES string of the molecule is CCC(=O)Nc1cccc(NC(=O)c2ccc(OCc3cn4cccc(C)c4n3)cc2)c1. The van der Waals surface area contributed by atoms with Crippen LogP contribution < -0.4 is 15.4 Å². The maximum Gasteiger partial charge on any atom is 0.255 e. The Labute approximate surface area is 186 Å². The average Bonchev–Trinajstić information content (AvgIpc) is 3.23. The number of hydrogen-bond acceptors (Lipinski definition) is 4. The third-order valence-corrected chi connectivity index (χ3v) is 4.96. The zero-order valence-corrected chi connectivity index (χ0v) is 18.0. The van der Waals surface area contributed by atoms with E-state index in [1.54, 1.807) is 55.5 Å². The van der Waals surface area contributed by atoms with Crippen molar-refractivity contribution in [2.75, 3.05) is 10.6 Å². The highest BCUT2D eigenvalue weighted by Crippen LogP contribution is 2.19. The van der Waals surface area contributed by atoms with Crippen molar-refractivity contribution in [3.63, 3.8) is 0 Å². The number of aryl methyl sites for hydroxylation is 1. The topological polar surface area (TPSA) is 84.7 Å². The van der Waals surface area contributed by atoms with Crippen LogP contribution in [-0.4, -0.2) is 21.2 Å². The molecule has 2 heterocycles. The van der Waals surface area contributed by atoms with E-state index in [1.807, 2.05) is 35.9 Å². The molecule has 162 valence electrons. The molecule has 0 aliphatic heterocycles. The number of nitrogens with zero attached hydrogens (tertiary/aromatic N) is 2. The van der Waals surface area contributed by atoms with Gasteiger partial charge < -0.3 is 19.8 Å². The van der Waals surface area contributed by atoms with E-state index < -0.39 is 0 Å². The van der Waals surface area contributed by atoms with Crippen LogP contribution in [0.25, 0.3) is 5.65 Å². The van der Waals surface area contributed by atoms with Crippen LogP contribution in [-0.2, 0) is 11.4 Å². The lowest BCUT2D eigenvalue weighted by Gasteiger charge is -2.09. The molecule has 0 atom stereocenters. The van der Waals surface area contributed by atoms with E-state index in [9.17, 15) is 9.59 Å². The molecule has 2 aromatic carbocycles. The van der Waals surface area contributed by atoms with Gasteiger partial charge in [0.15, 0.2) is 0 Å². The summed E-state index contributed by atoms with van der Waals surface area (Å²) in [6.07, 6.45) is 4.29. The van der Waals surface area contributed by atoms with Crippen molar-refractivity contribution in [2.45, 2.75) is 26.9 Å². The molecule has 4 aromatic rings. The maximum absolute atomic E-state index is 12.6. The Bertz CT molecular complexity index is 1260. The van der Waals surface area contributed by atoms with E-state index in [1.165, 1.54) is 0 Å². The highest BCUT2D eigenvalue weighted by atomic mass is 16.5. The molecule has 0 aliphatic carbocycles. The predicted octanol–water partition coefficient (Wildman–Crippen LogP) is 4.82. The molecule has 0 unspecified atom stereocenters. The number of amides is 2. The number of fused-ring (bicyclic) bond motifs is 1. The number of benzene rings is 2. The number of pyridine rings is 1. The van der Waals surface area contributed by atoms with Gasteiger partial charge in [0, 0.05) is 35.8 Å². The number of rotatable bonds is 7. The van der Waals surface area contributed by atoms with E-state index in [0.29, 0.717) is 35.7 Å². The van der Waals surface area contributed by atoms with Gasteiger partial charge in [-0.3, -0.25) is 9.59 Å². The van der Waals surface area contributed by atoms with E-state index in [4.69, 9.17) is 4.74 Å². The lowest BCUT2D eigenvalue weighted by Crippen LogP contribution is -2.13. The first-order chi connectivity index (χ1) is 15.5. The number of nitrogens with one attached hydrogen (secondary N) is 2. The molecule has 4 rings (SSSR count). The molecule has 7 heteroatoms. The predicted molar refractivity (Wildman–Crippen MR) is 124 cm³/mol. The van der Waals surface area contributed by atoms with Gasteiger partial charge in [-0.2, -0.15) is 0 Å². The third-order valence-electron chi connectivity index (χ3n) is 4.96. The molecule has 2 aromatic heterocycles. The van der Waals surface area contributed by atoms with Crippen molar-refractivity contribution in [3.05, 3.63) is 89.9 Å². The van der Waals surface area contributed by atoms with Crippen LogP contribution in [0.4, 0.5) is 11.4 Å². The zero-order chi connectivity index (χ0) is 22.5. The van der Waals surface area contributed by atoms with Gasteiger partial charge >= 0.3 is 0 Å². The Hall–Kier alpha value is -4.13. The molecule has 2 amide bonds. The second kappa shape index (κ2) is 9.34. The fraction of sp³-hybridized carbons (Fsp3) is 0.160. The molecule has 0 radical (unpaired) electrons. The number of ether oxygens (including phenoxy) is 1. The van der Waals surface area contributed by atoms with E-state index >= 15 is 0 Å². The molecule has 0 spiro atoms. The largest absolute Gasteiger partial charge is 0.487 e. The van der Waals surface area contributed by atoms with Crippen LogP contribution in [0.2, 0.25) is 0 Å². The number of aromatic nitrogens is 2. The third kappa shape index (κ3) is 4.95. The lowest BCUT2D eigenvalue weighted by molar-refractivity contribution is -0.115. The first-order valence-electron chi connectivity index (χ1n) is 10.4. The summed E-state index contributed by atoms with van der Waals surface area (Å²) in [5, 5.41) is 5.62. The van der Waals surface area contributed by atoms with E-state index in [0.717, 1.165) is 16.9 Å². The minimum atomic E-state index is -0.244. The van der Waals surface area contributed by atoms with Crippen molar-refractivity contribution in [1.29, 1.82) is 0 Å². The highest BCUT2D eigenvalue weighted by Gasteiger charge is 2.09. The van der Waals surface area contributed by atoms with Crippen LogP contribution in [0.15, 0.2) is 73.1 Å². The maximum atomic E-state index is 12.6. The Morgan fingerprint density at radius 1 is 1.00 bits per heavy atom. The van der Waals surface area contributed by atoms with E-state index in [2.05, 4.69) is 15.6 Å². The van der Waals surface area contributed by atoms with Gasteiger partial charge in [-0.25, -0.2) is 4.98 Å². The van der Waals surface area contributed by atoms with Crippen LogP contribution in [0.5, 0.6) is 5.75 Å². The van der Waals surface area contributed by atoms with Gasteiger partial charge in [0.2, 0.25) is 5.91 Å². The van der Waals surface area contributed by atoms with Gasteiger partial charge in [0.05, 0.1) is 5.69 Å². The first-order valence-corrected chi connectivity index (χ1v) is 10.4. The molecule has 0 fully saturated rings. The fourth-order valence-electron chi connectivity index (χ4n) is 3.26. The summed E-state index contributed by atoms with van der Waals surface area (Å²) in [6, 6.07) is 18.0. The molecule has 32 heavy (non-hydrogen) atoms. The van der Waals surface area contributed by atoms with Gasteiger partial charge in [-0.05, 0) is 61.0 Å². The van der Waals surface area contributed by atoms with Crippen LogP contribution in [0.3, 0.4) is 0 Å². The lowest BCUT2D eigenvalue weighted by atomic mass is 10.2. The van der Waals surface area contributed by atoms with E-state index in [-0.39, 0.29) is 11.8 Å². The molecule has 2 N–H and O–H groups in total. The monoisotopic (exact) mass is 428 g/mol. The van der Waals surface area contributed by atoms with Crippen molar-refractivity contribution in [2.24, 2.45) is 0 Å². The van der Waals surface area contributed by atoms with Crippen LogP contribution >= 0.6 is 0 Å². The average molecular weight is 428 g/mol. The molecular weight excluding hydrogens is 404 g/mol. The standard InChI is InChI=1S/C25H24N4O3/c1-3-23(30)26-19-7-4-8-20(14-19)28-25(31)18-9-11-22(12-10-18)32-16-21-15-29-13-5-6-17(2)24(29)27-21/h4-15H,3,16H2,1-2H3,(H,26,30)(H,28,31). The minimum absolute atomic E-state index is 0.0807. The normalized spacial score (nSPS) is 10.7. The van der Waals surface area contributed by atoms with Crippen molar-refractivity contribution in [1.82, 2.24) is 9.38 Å². The molecule has 0 saturated carbocycles. The molecule has 7 nitrogen and oxygen atoms in total. The molecule has 0 bridgehead atoms. The zero-order valence-electron chi connectivity index (χ0n) is 18.0.